The third-order valence-electron chi connectivity index (χ3n) is 2.87. The Morgan fingerprint density at radius 1 is 1.33 bits per heavy atom. The van der Waals surface area contributed by atoms with Gasteiger partial charge in [0.25, 0.3) is 0 Å². The first-order chi connectivity index (χ1) is 9.74. The van der Waals surface area contributed by atoms with Crippen LogP contribution in [0.15, 0.2) is 18.2 Å². The van der Waals surface area contributed by atoms with Gasteiger partial charge in [0.1, 0.15) is 5.60 Å². The van der Waals surface area contributed by atoms with Gasteiger partial charge in [-0.15, -0.1) is 0 Å². The van der Waals surface area contributed by atoms with Crippen molar-refractivity contribution in [2.24, 2.45) is 0 Å². The Bertz CT molecular complexity index is 481. The number of ether oxygens (including phenoxy) is 2. The topological polar surface area (TPSA) is 64.8 Å². The lowest BCUT2D eigenvalue weighted by atomic mass is 10.1. The fraction of sp³-hybridized carbons (Fsp3) is 0.562. The second-order valence-electron chi connectivity index (χ2n) is 6.02. The molecule has 0 saturated carbocycles. The fourth-order valence-corrected chi connectivity index (χ4v) is 1.91. The summed E-state index contributed by atoms with van der Waals surface area (Å²) in [7, 11) is 1.64. The van der Waals surface area contributed by atoms with Gasteiger partial charge in [-0.1, -0.05) is 6.07 Å². The van der Waals surface area contributed by atoms with Crippen LogP contribution >= 0.6 is 0 Å². The number of nitrogens with zero attached hydrogens (tertiary/aromatic N) is 1. The summed E-state index contributed by atoms with van der Waals surface area (Å²) in [4.78, 5) is 14.1. The normalized spacial score (nSPS) is 11.3. The maximum atomic E-state index is 12.4. The van der Waals surface area contributed by atoms with Crippen molar-refractivity contribution in [1.29, 1.82) is 0 Å². The molecule has 0 spiro atoms. The van der Waals surface area contributed by atoms with Gasteiger partial charge in [0.15, 0.2) is 0 Å². The van der Waals surface area contributed by atoms with E-state index < -0.39 is 5.60 Å². The van der Waals surface area contributed by atoms with Crippen molar-refractivity contribution in [3.8, 4) is 0 Å². The van der Waals surface area contributed by atoms with Gasteiger partial charge in [0, 0.05) is 25.9 Å². The van der Waals surface area contributed by atoms with Crippen molar-refractivity contribution in [2.45, 2.75) is 39.7 Å². The summed E-state index contributed by atoms with van der Waals surface area (Å²) in [6, 6.07) is 5.52. The lowest BCUT2D eigenvalue weighted by Gasteiger charge is -2.28. The highest BCUT2D eigenvalue weighted by atomic mass is 16.6. The molecule has 1 rings (SSSR count). The van der Waals surface area contributed by atoms with E-state index >= 15 is 0 Å². The molecule has 0 aliphatic rings. The maximum Gasteiger partial charge on any atom is 0.414 e. The first kappa shape index (κ1) is 17.3. The van der Waals surface area contributed by atoms with Gasteiger partial charge in [-0.3, -0.25) is 4.90 Å². The van der Waals surface area contributed by atoms with Crippen molar-refractivity contribution in [1.82, 2.24) is 0 Å². The van der Waals surface area contributed by atoms with Crippen LogP contribution in [-0.2, 0) is 9.47 Å². The summed E-state index contributed by atoms with van der Waals surface area (Å²) in [6.07, 6.45) is 0.358. The van der Waals surface area contributed by atoms with Gasteiger partial charge >= 0.3 is 6.09 Å². The van der Waals surface area contributed by atoms with Crippen LogP contribution in [0.1, 0.15) is 32.8 Å². The largest absolute Gasteiger partial charge is 0.443 e. The van der Waals surface area contributed by atoms with Crippen LogP contribution in [0.3, 0.4) is 0 Å². The number of carbonyl (C=O) groups excluding carboxylic acids is 1. The number of benzene rings is 1. The molecule has 0 unspecified atom stereocenters. The van der Waals surface area contributed by atoms with Gasteiger partial charge in [0.2, 0.25) is 0 Å². The highest BCUT2D eigenvalue weighted by Crippen LogP contribution is 2.25. The molecule has 1 aromatic carbocycles. The molecule has 0 heterocycles. The van der Waals surface area contributed by atoms with E-state index in [0.717, 1.165) is 17.7 Å². The standard InChI is InChI=1S/C16H26N2O3/c1-12-7-8-13(17)11-14(12)18(9-6-10-20-5)15(19)21-16(2,3)4/h7-8,11H,6,9-10,17H2,1-5H3. The molecular formula is C16H26N2O3. The van der Waals surface area contributed by atoms with E-state index in [1.54, 1.807) is 18.1 Å². The second-order valence-corrected chi connectivity index (χ2v) is 6.02. The number of nitrogen functional groups attached to an aromatic ring is 1. The van der Waals surface area contributed by atoms with E-state index in [-0.39, 0.29) is 6.09 Å². The lowest BCUT2D eigenvalue weighted by Crippen LogP contribution is -2.38. The van der Waals surface area contributed by atoms with Gasteiger partial charge in [-0.2, -0.15) is 0 Å². The first-order valence-electron chi connectivity index (χ1n) is 7.10. The zero-order valence-corrected chi connectivity index (χ0v) is 13.6. The number of aryl methyl sites for hydroxylation is 1. The van der Waals surface area contributed by atoms with Crippen LogP contribution in [0.25, 0.3) is 0 Å². The van der Waals surface area contributed by atoms with E-state index in [0.29, 0.717) is 18.8 Å². The number of amides is 1. The predicted octanol–water partition coefficient (Wildman–Crippen LogP) is 3.36. The zero-order chi connectivity index (χ0) is 16.0. The summed E-state index contributed by atoms with van der Waals surface area (Å²) in [5.74, 6) is 0. The number of methoxy groups -OCH3 is 1. The van der Waals surface area contributed by atoms with Crippen molar-refractivity contribution >= 4 is 17.5 Å². The minimum atomic E-state index is -0.537. The van der Waals surface area contributed by atoms with Gasteiger partial charge in [-0.25, -0.2) is 4.79 Å². The molecule has 1 aromatic rings. The first-order valence-corrected chi connectivity index (χ1v) is 7.10. The zero-order valence-electron chi connectivity index (χ0n) is 13.6. The molecule has 0 aromatic heterocycles. The van der Waals surface area contributed by atoms with Crippen LogP contribution in [-0.4, -0.2) is 32.0 Å². The Labute approximate surface area is 127 Å². The molecule has 2 N–H and O–H groups in total. The molecule has 0 fully saturated rings. The van der Waals surface area contributed by atoms with E-state index in [1.807, 2.05) is 39.8 Å². The molecule has 0 aliphatic carbocycles. The lowest BCUT2D eigenvalue weighted by molar-refractivity contribution is 0.0577. The number of carbonyl (C=O) groups is 1. The molecule has 5 heteroatoms. The Morgan fingerprint density at radius 3 is 2.57 bits per heavy atom. The van der Waals surface area contributed by atoms with Gasteiger partial charge < -0.3 is 15.2 Å². The molecule has 0 radical (unpaired) electrons. The molecule has 118 valence electrons. The highest BCUT2D eigenvalue weighted by Gasteiger charge is 2.24. The van der Waals surface area contributed by atoms with Crippen LogP contribution in [0.5, 0.6) is 0 Å². The molecule has 1 amide bonds. The van der Waals surface area contributed by atoms with Crippen LogP contribution in [0.4, 0.5) is 16.2 Å². The monoisotopic (exact) mass is 294 g/mol. The summed E-state index contributed by atoms with van der Waals surface area (Å²) >= 11 is 0. The molecule has 0 aliphatic heterocycles. The van der Waals surface area contributed by atoms with Crippen LogP contribution in [0.2, 0.25) is 0 Å². The third kappa shape index (κ3) is 5.63. The molecule has 21 heavy (non-hydrogen) atoms. The SMILES string of the molecule is COCCCN(C(=O)OC(C)(C)C)c1cc(N)ccc1C. The van der Waals surface area contributed by atoms with Gasteiger partial charge in [0.05, 0.1) is 5.69 Å². The highest BCUT2D eigenvalue weighted by molar-refractivity contribution is 5.89. The summed E-state index contributed by atoms with van der Waals surface area (Å²) < 4.78 is 10.5. The van der Waals surface area contributed by atoms with E-state index in [1.165, 1.54) is 0 Å². The van der Waals surface area contributed by atoms with Crippen molar-refractivity contribution in [2.75, 3.05) is 30.9 Å². The fourth-order valence-electron chi connectivity index (χ4n) is 1.91. The number of anilines is 2. The Kier molecular flexibility index (Phi) is 6.03. The third-order valence-corrected chi connectivity index (χ3v) is 2.87. The Hall–Kier alpha value is -1.75. The molecular weight excluding hydrogens is 268 g/mol. The quantitative estimate of drug-likeness (QED) is 0.668. The molecule has 0 bridgehead atoms. The summed E-state index contributed by atoms with van der Waals surface area (Å²) in [6.45, 7) is 8.61. The smallest absolute Gasteiger partial charge is 0.414 e. The minimum absolute atomic E-state index is 0.368. The number of rotatable bonds is 5. The molecule has 0 atom stereocenters. The van der Waals surface area contributed by atoms with Crippen LogP contribution in [0, 0.1) is 6.92 Å². The van der Waals surface area contributed by atoms with E-state index in [2.05, 4.69) is 0 Å². The van der Waals surface area contributed by atoms with E-state index in [4.69, 9.17) is 15.2 Å². The Balaban J connectivity index is 3.00. The molecule has 5 nitrogen and oxygen atoms in total. The second kappa shape index (κ2) is 7.31. The number of hydrogen-bond acceptors (Lipinski definition) is 4. The van der Waals surface area contributed by atoms with Crippen molar-refractivity contribution < 1.29 is 14.3 Å². The average Bonchev–Trinajstić information content (AvgIpc) is 2.36. The number of hydrogen-bond donors (Lipinski definition) is 1. The average molecular weight is 294 g/mol. The van der Waals surface area contributed by atoms with Crippen molar-refractivity contribution in [3.63, 3.8) is 0 Å². The van der Waals surface area contributed by atoms with Gasteiger partial charge in [-0.05, 0) is 51.8 Å². The summed E-state index contributed by atoms with van der Waals surface area (Å²) in [5.41, 5.74) is 7.69. The minimum Gasteiger partial charge on any atom is -0.443 e. The van der Waals surface area contributed by atoms with Crippen molar-refractivity contribution in [3.05, 3.63) is 23.8 Å². The maximum absolute atomic E-state index is 12.4. The summed E-state index contributed by atoms with van der Waals surface area (Å²) in [5, 5.41) is 0. The van der Waals surface area contributed by atoms with E-state index in [9.17, 15) is 4.79 Å². The van der Waals surface area contributed by atoms with Crippen LogP contribution < -0.4 is 10.6 Å². The predicted molar refractivity (Wildman–Crippen MR) is 85.7 cm³/mol. The number of nitrogens with two attached hydrogens (primary N) is 1. The molecule has 0 saturated heterocycles. The Morgan fingerprint density at radius 2 is 2.00 bits per heavy atom.